The molecule has 0 aliphatic rings. The first kappa shape index (κ1) is 15.8. The molecule has 0 saturated heterocycles. The normalized spacial score (nSPS) is 11.1. The van der Waals surface area contributed by atoms with Crippen LogP contribution in [0.1, 0.15) is 24.5 Å². The van der Waals surface area contributed by atoms with Crippen molar-refractivity contribution in [2.75, 3.05) is 11.9 Å². The lowest BCUT2D eigenvalue weighted by Gasteiger charge is -2.07. The molecule has 2 rings (SSSR count). The van der Waals surface area contributed by atoms with Crippen LogP contribution in [0.5, 0.6) is 0 Å². The minimum absolute atomic E-state index is 0.164. The maximum Gasteiger partial charge on any atom is 0.259 e. The number of aryl methyl sites for hydroxylation is 1. The molecule has 114 valence electrons. The molecule has 0 radical (unpaired) electrons. The highest BCUT2D eigenvalue weighted by atomic mass is 16.2. The molecule has 2 aromatic rings. The summed E-state index contributed by atoms with van der Waals surface area (Å²) in [7, 11) is 0. The van der Waals surface area contributed by atoms with E-state index < -0.39 is 0 Å². The summed E-state index contributed by atoms with van der Waals surface area (Å²) in [6, 6.07) is 17.8. The predicted molar refractivity (Wildman–Crippen MR) is 91.1 cm³/mol. The van der Waals surface area contributed by atoms with Crippen LogP contribution in [-0.4, -0.2) is 18.2 Å². The van der Waals surface area contributed by atoms with Crippen LogP contribution in [0.15, 0.2) is 59.7 Å². The van der Waals surface area contributed by atoms with Crippen molar-refractivity contribution in [3.8, 4) is 0 Å². The molecule has 0 aliphatic heterocycles. The van der Waals surface area contributed by atoms with Gasteiger partial charge in [0.1, 0.15) is 0 Å². The highest BCUT2D eigenvalue weighted by Crippen LogP contribution is 2.07. The van der Waals surface area contributed by atoms with Gasteiger partial charge < -0.3 is 5.32 Å². The molecule has 0 unspecified atom stereocenters. The summed E-state index contributed by atoms with van der Waals surface area (Å²) in [5.74, 6) is -0.164. The van der Waals surface area contributed by atoms with Crippen molar-refractivity contribution in [3.63, 3.8) is 0 Å². The minimum atomic E-state index is -0.164. The van der Waals surface area contributed by atoms with Crippen molar-refractivity contribution in [1.82, 2.24) is 5.43 Å². The molecule has 2 aromatic carbocycles. The molecule has 1 amide bonds. The number of hydrogen-bond donors (Lipinski definition) is 2. The van der Waals surface area contributed by atoms with Crippen LogP contribution in [0.2, 0.25) is 0 Å². The zero-order valence-electron chi connectivity index (χ0n) is 13.0. The predicted octanol–water partition coefficient (Wildman–Crippen LogP) is 3.34. The molecule has 0 heterocycles. The average molecular weight is 295 g/mol. The van der Waals surface area contributed by atoms with Crippen molar-refractivity contribution in [1.29, 1.82) is 0 Å². The topological polar surface area (TPSA) is 53.5 Å². The maximum absolute atomic E-state index is 11.9. The molecule has 0 saturated carbocycles. The minimum Gasteiger partial charge on any atom is -0.376 e. The molecule has 0 aromatic heterocycles. The fraction of sp³-hybridized carbons (Fsp3) is 0.222. The molecule has 0 bridgehead atoms. The average Bonchev–Trinajstić information content (AvgIpc) is 2.56. The van der Waals surface area contributed by atoms with Gasteiger partial charge in [0.25, 0.3) is 5.91 Å². The summed E-state index contributed by atoms with van der Waals surface area (Å²) in [4.78, 5) is 11.9. The number of benzene rings is 2. The van der Waals surface area contributed by atoms with Gasteiger partial charge in [-0.15, -0.1) is 0 Å². The van der Waals surface area contributed by atoms with Crippen LogP contribution < -0.4 is 10.7 Å². The lowest BCUT2D eigenvalue weighted by molar-refractivity contribution is -0.119. The number of hydrazone groups is 1. The van der Waals surface area contributed by atoms with E-state index >= 15 is 0 Å². The fourth-order valence-corrected chi connectivity index (χ4v) is 2.00. The molecular formula is C18H21N3O. The smallest absolute Gasteiger partial charge is 0.259 e. The first-order chi connectivity index (χ1) is 10.7. The number of carbonyl (C=O) groups excluding carboxylic acids is 1. The Bertz CT molecular complexity index is 633. The van der Waals surface area contributed by atoms with E-state index in [1.165, 1.54) is 5.56 Å². The number of nitrogens with zero attached hydrogens (tertiary/aromatic N) is 1. The fourth-order valence-electron chi connectivity index (χ4n) is 2.00. The van der Waals surface area contributed by atoms with Crippen molar-refractivity contribution >= 4 is 17.3 Å². The second kappa shape index (κ2) is 7.98. The van der Waals surface area contributed by atoms with Crippen LogP contribution >= 0.6 is 0 Å². The summed E-state index contributed by atoms with van der Waals surface area (Å²) in [6.07, 6.45) is 0.760. The Balaban J connectivity index is 1.88. The van der Waals surface area contributed by atoms with Crippen LogP contribution in [0, 0.1) is 6.92 Å². The lowest BCUT2D eigenvalue weighted by atomic mass is 10.1. The third kappa shape index (κ3) is 4.74. The van der Waals surface area contributed by atoms with E-state index in [9.17, 15) is 4.79 Å². The zero-order chi connectivity index (χ0) is 15.8. The van der Waals surface area contributed by atoms with E-state index in [0.29, 0.717) is 0 Å². The van der Waals surface area contributed by atoms with Crippen LogP contribution in [0.4, 0.5) is 5.69 Å². The molecule has 0 aliphatic carbocycles. The number of amides is 1. The molecule has 4 nitrogen and oxygen atoms in total. The molecule has 0 spiro atoms. The Kier molecular flexibility index (Phi) is 5.72. The Labute approximate surface area is 131 Å². The second-order valence-corrected chi connectivity index (χ2v) is 5.03. The summed E-state index contributed by atoms with van der Waals surface area (Å²) in [5.41, 5.74) is 6.60. The lowest BCUT2D eigenvalue weighted by Crippen LogP contribution is -2.27. The van der Waals surface area contributed by atoms with Crippen molar-refractivity contribution in [3.05, 3.63) is 65.7 Å². The van der Waals surface area contributed by atoms with Crippen LogP contribution in [-0.2, 0) is 4.79 Å². The van der Waals surface area contributed by atoms with E-state index in [0.717, 1.165) is 23.4 Å². The van der Waals surface area contributed by atoms with Gasteiger partial charge in [-0.05, 0) is 31.0 Å². The van der Waals surface area contributed by atoms with E-state index in [2.05, 4.69) is 15.8 Å². The van der Waals surface area contributed by atoms with Gasteiger partial charge in [0.05, 0.1) is 12.3 Å². The standard InChI is InChI=1S/C18H21N3O/c1-3-17(15-7-5-4-6-8-15)20-21-18(22)13-19-16-11-9-14(2)10-12-16/h4-12,19H,3,13H2,1-2H3,(H,21,22). The van der Waals surface area contributed by atoms with Gasteiger partial charge in [-0.3, -0.25) is 4.79 Å². The van der Waals surface area contributed by atoms with Crippen LogP contribution in [0.25, 0.3) is 0 Å². The number of carbonyl (C=O) groups is 1. The Morgan fingerprint density at radius 1 is 1.05 bits per heavy atom. The number of hydrogen-bond acceptors (Lipinski definition) is 3. The van der Waals surface area contributed by atoms with Crippen molar-refractivity contribution in [2.24, 2.45) is 5.10 Å². The number of rotatable bonds is 6. The van der Waals surface area contributed by atoms with E-state index in [1.54, 1.807) is 0 Å². The molecule has 22 heavy (non-hydrogen) atoms. The third-order valence-corrected chi connectivity index (χ3v) is 3.26. The van der Waals surface area contributed by atoms with E-state index in [-0.39, 0.29) is 12.5 Å². The van der Waals surface area contributed by atoms with E-state index in [4.69, 9.17) is 0 Å². The molecule has 4 heteroatoms. The van der Waals surface area contributed by atoms with Gasteiger partial charge in [0.2, 0.25) is 0 Å². The summed E-state index contributed by atoms with van der Waals surface area (Å²) in [6.45, 7) is 4.24. The molecule has 0 atom stereocenters. The molecule has 0 fully saturated rings. The first-order valence-electron chi connectivity index (χ1n) is 7.40. The maximum atomic E-state index is 11.9. The number of nitrogens with one attached hydrogen (secondary N) is 2. The first-order valence-corrected chi connectivity index (χ1v) is 7.40. The van der Waals surface area contributed by atoms with E-state index in [1.807, 2.05) is 68.4 Å². The quantitative estimate of drug-likeness (QED) is 0.634. The highest BCUT2D eigenvalue weighted by molar-refractivity contribution is 6.00. The zero-order valence-corrected chi connectivity index (χ0v) is 13.0. The Morgan fingerprint density at radius 3 is 2.36 bits per heavy atom. The van der Waals surface area contributed by atoms with Gasteiger partial charge in [-0.25, -0.2) is 5.43 Å². The van der Waals surface area contributed by atoms with Gasteiger partial charge in [-0.1, -0.05) is 55.0 Å². The largest absolute Gasteiger partial charge is 0.376 e. The van der Waals surface area contributed by atoms with Gasteiger partial charge in [-0.2, -0.15) is 5.10 Å². The van der Waals surface area contributed by atoms with Gasteiger partial charge in [0, 0.05) is 5.69 Å². The third-order valence-electron chi connectivity index (χ3n) is 3.26. The monoisotopic (exact) mass is 295 g/mol. The van der Waals surface area contributed by atoms with Crippen molar-refractivity contribution in [2.45, 2.75) is 20.3 Å². The summed E-state index contributed by atoms with van der Waals surface area (Å²) in [5, 5.41) is 7.29. The Hall–Kier alpha value is -2.62. The SMILES string of the molecule is CCC(=NNC(=O)CNc1ccc(C)cc1)c1ccccc1. The van der Waals surface area contributed by atoms with Crippen LogP contribution in [0.3, 0.4) is 0 Å². The molecule has 2 N–H and O–H groups in total. The van der Waals surface area contributed by atoms with Crippen molar-refractivity contribution < 1.29 is 4.79 Å². The summed E-state index contributed by atoms with van der Waals surface area (Å²) >= 11 is 0. The Morgan fingerprint density at radius 2 is 1.73 bits per heavy atom. The van der Waals surface area contributed by atoms with Gasteiger partial charge in [0.15, 0.2) is 0 Å². The highest BCUT2D eigenvalue weighted by Gasteiger charge is 2.03. The van der Waals surface area contributed by atoms with Gasteiger partial charge >= 0.3 is 0 Å². The molecular weight excluding hydrogens is 274 g/mol. The second-order valence-electron chi connectivity index (χ2n) is 5.03. The summed E-state index contributed by atoms with van der Waals surface area (Å²) < 4.78 is 0. The number of anilines is 1.